The molecule has 2 heteroatoms. The minimum Gasteiger partial charge on any atom is -0.298 e. The summed E-state index contributed by atoms with van der Waals surface area (Å²) in [5.41, 5.74) is 4.31. The predicted octanol–water partition coefficient (Wildman–Crippen LogP) is 3.91. The fourth-order valence-electron chi connectivity index (χ4n) is 2.26. The summed E-state index contributed by atoms with van der Waals surface area (Å²) in [6.07, 6.45) is 2.72. The van der Waals surface area contributed by atoms with Crippen molar-refractivity contribution in [1.29, 1.82) is 0 Å². The second kappa shape index (κ2) is 5.85. The van der Waals surface area contributed by atoms with Gasteiger partial charge in [0.15, 0.2) is 0 Å². The summed E-state index contributed by atoms with van der Waals surface area (Å²) in [4.78, 5) is 10.7. The Morgan fingerprint density at radius 1 is 0.950 bits per heavy atom. The number of nitrogens with zero attached hydrogens (tertiary/aromatic N) is 1. The molecule has 2 rings (SSSR count). The molecular formula is C18H20NO+. The van der Waals surface area contributed by atoms with Crippen LogP contribution in [0.3, 0.4) is 0 Å². The van der Waals surface area contributed by atoms with E-state index in [4.69, 9.17) is 0 Å². The summed E-state index contributed by atoms with van der Waals surface area (Å²) in [6.45, 7) is 4.67. The molecule has 0 atom stereocenters. The van der Waals surface area contributed by atoms with Gasteiger partial charge in [0.05, 0.1) is 14.1 Å². The van der Waals surface area contributed by atoms with Crippen molar-refractivity contribution >= 4 is 18.0 Å². The van der Waals surface area contributed by atoms with Crippen LogP contribution in [0, 0.1) is 0 Å². The number of rotatable bonds is 5. The maximum atomic E-state index is 10.7. The maximum absolute atomic E-state index is 10.7. The molecule has 0 aromatic heterocycles. The molecule has 0 amide bonds. The van der Waals surface area contributed by atoms with E-state index in [1.165, 1.54) is 11.3 Å². The van der Waals surface area contributed by atoms with Crippen molar-refractivity contribution in [1.82, 2.24) is 4.48 Å². The Hall–Kier alpha value is -2.19. The van der Waals surface area contributed by atoms with E-state index >= 15 is 0 Å². The molecule has 20 heavy (non-hydrogen) atoms. The Kier molecular flexibility index (Phi) is 4.16. The third-order valence-electron chi connectivity index (χ3n) is 3.52. The lowest BCUT2D eigenvalue weighted by atomic mass is 10.1. The summed E-state index contributed by atoms with van der Waals surface area (Å²) in [5.74, 6) is 0. The second-order valence-corrected chi connectivity index (χ2v) is 5.50. The summed E-state index contributed by atoms with van der Waals surface area (Å²) >= 11 is 0. The topological polar surface area (TPSA) is 17.1 Å². The molecule has 2 nitrogen and oxygen atoms in total. The van der Waals surface area contributed by atoms with Crippen LogP contribution in [-0.4, -0.2) is 20.4 Å². The average Bonchev–Trinajstić information content (AvgIpc) is 2.48. The number of benzene rings is 2. The number of hydrogen-bond donors (Lipinski definition) is 0. The Bertz CT molecular complexity index is 594. The van der Waals surface area contributed by atoms with Gasteiger partial charge in [-0.05, 0) is 29.8 Å². The quantitative estimate of drug-likeness (QED) is 0.592. The largest absolute Gasteiger partial charge is 0.298 e. The van der Waals surface area contributed by atoms with Gasteiger partial charge < -0.3 is 0 Å². The van der Waals surface area contributed by atoms with Gasteiger partial charge in [-0.2, -0.15) is 0 Å². The van der Waals surface area contributed by atoms with Crippen LogP contribution in [0.2, 0.25) is 0 Å². The Morgan fingerprint density at radius 2 is 1.50 bits per heavy atom. The highest BCUT2D eigenvalue weighted by Gasteiger charge is 2.19. The molecule has 0 heterocycles. The van der Waals surface area contributed by atoms with E-state index in [2.05, 4.69) is 44.9 Å². The number of hydrogen-bond acceptors (Lipinski definition) is 1. The first-order valence-electron chi connectivity index (χ1n) is 6.65. The van der Waals surface area contributed by atoms with Gasteiger partial charge in [0.2, 0.25) is 0 Å². The van der Waals surface area contributed by atoms with Gasteiger partial charge >= 0.3 is 0 Å². The molecule has 0 aliphatic carbocycles. The van der Waals surface area contributed by atoms with Crippen molar-refractivity contribution in [2.75, 3.05) is 14.1 Å². The lowest BCUT2D eigenvalue weighted by Crippen LogP contribution is -2.39. The zero-order chi connectivity index (χ0) is 14.6. The first-order chi connectivity index (χ1) is 9.55. The van der Waals surface area contributed by atoms with E-state index in [0.717, 1.165) is 22.9 Å². The van der Waals surface area contributed by atoms with Gasteiger partial charge in [0.25, 0.3) is 0 Å². The van der Waals surface area contributed by atoms with E-state index < -0.39 is 0 Å². The van der Waals surface area contributed by atoms with Gasteiger partial charge in [0.1, 0.15) is 18.5 Å². The molecule has 0 aliphatic heterocycles. The van der Waals surface area contributed by atoms with E-state index in [9.17, 15) is 4.79 Å². The lowest BCUT2D eigenvalue weighted by Gasteiger charge is -2.29. The fraction of sp³-hybridized carbons (Fsp3) is 0.167. The summed E-state index contributed by atoms with van der Waals surface area (Å²) in [7, 11) is 4.33. The molecule has 0 radical (unpaired) electrons. The highest BCUT2D eigenvalue weighted by Crippen LogP contribution is 2.22. The highest BCUT2D eigenvalue weighted by atomic mass is 16.1. The van der Waals surface area contributed by atoms with E-state index in [1.54, 1.807) is 0 Å². The van der Waals surface area contributed by atoms with Crippen LogP contribution in [-0.2, 0) is 6.54 Å². The molecule has 0 unspecified atom stereocenters. The summed E-state index contributed by atoms with van der Waals surface area (Å²) < 4.78 is 0.743. The molecule has 0 bridgehead atoms. The highest BCUT2D eigenvalue weighted by molar-refractivity contribution is 5.75. The Balaban J connectivity index is 2.19. The molecule has 0 aliphatic rings. The third-order valence-corrected chi connectivity index (χ3v) is 3.52. The van der Waals surface area contributed by atoms with Crippen molar-refractivity contribution in [2.24, 2.45) is 0 Å². The number of quaternary nitrogens is 1. The SMILES string of the molecule is C=Cc1ccc(C[N+](C)(C)c2ccc(C=O)cc2)cc1. The van der Waals surface area contributed by atoms with Crippen LogP contribution in [0.4, 0.5) is 5.69 Å². The number of aldehydes is 1. The van der Waals surface area contributed by atoms with Gasteiger partial charge in [-0.25, -0.2) is 0 Å². The van der Waals surface area contributed by atoms with Gasteiger partial charge in [-0.3, -0.25) is 9.28 Å². The Morgan fingerprint density at radius 3 is 2.00 bits per heavy atom. The zero-order valence-electron chi connectivity index (χ0n) is 12.0. The molecule has 0 saturated heterocycles. The van der Waals surface area contributed by atoms with Crippen LogP contribution in [0.5, 0.6) is 0 Å². The molecule has 2 aromatic rings. The molecule has 0 spiro atoms. The lowest BCUT2D eigenvalue weighted by molar-refractivity contribution is 0.112. The van der Waals surface area contributed by atoms with Crippen LogP contribution in [0.25, 0.3) is 6.08 Å². The molecule has 102 valence electrons. The third kappa shape index (κ3) is 3.22. The van der Waals surface area contributed by atoms with Crippen LogP contribution < -0.4 is 4.48 Å². The number of carbonyl (C=O) groups is 1. The zero-order valence-corrected chi connectivity index (χ0v) is 12.0. The minimum absolute atomic E-state index is 0.712. The number of carbonyl (C=O) groups excluding carboxylic acids is 1. The maximum Gasteiger partial charge on any atom is 0.150 e. The van der Waals surface area contributed by atoms with Gasteiger partial charge in [-0.15, -0.1) is 0 Å². The first-order valence-corrected chi connectivity index (χ1v) is 6.65. The van der Waals surface area contributed by atoms with Crippen molar-refractivity contribution in [2.45, 2.75) is 6.54 Å². The molecular weight excluding hydrogens is 246 g/mol. The van der Waals surface area contributed by atoms with Crippen LogP contribution in [0.15, 0.2) is 55.1 Å². The van der Waals surface area contributed by atoms with Crippen molar-refractivity contribution < 1.29 is 4.79 Å². The first kappa shape index (κ1) is 14.2. The second-order valence-electron chi connectivity index (χ2n) is 5.50. The molecule has 2 aromatic carbocycles. The summed E-state index contributed by atoms with van der Waals surface area (Å²) in [5, 5.41) is 0. The van der Waals surface area contributed by atoms with Crippen LogP contribution >= 0.6 is 0 Å². The molecule has 0 N–H and O–H groups in total. The average molecular weight is 266 g/mol. The van der Waals surface area contributed by atoms with E-state index in [1.807, 2.05) is 30.3 Å². The van der Waals surface area contributed by atoms with Crippen LogP contribution in [0.1, 0.15) is 21.5 Å². The van der Waals surface area contributed by atoms with E-state index in [0.29, 0.717) is 5.56 Å². The molecule has 0 saturated carbocycles. The molecule has 0 fully saturated rings. The standard InChI is InChI=1S/C18H20NO/c1-4-15-5-7-16(8-6-15)13-19(2,3)18-11-9-17(14-20)10-12-18/h4-12,14H,1,13H2,2-3H3/q+1. The van der Waals surface area contributed by atoms with Crippen molar-refractivity contribution in [3.8, 4) is 0 Å². The van der Waals surface area contributed by atoms with Crippen molar-refractivity contribution in [3.63, 3.8) is 0 Å². The van der Waals surface area contributed by atoms with E-state index in [-0.39, 0.29) is 0 Å². The smallest absolute Gasteiger partial charge is 0.150 e. The summed E-state index contributed by atoms with van der Waals surface area (Å²) in [6, 6.07) is 16.2. The predicted molar refractivity (Wildman–Crippen MR) is 85.7 cm³/mol. The minimum atomic E-state index is 0.712. The normalized spacial score (nSPS) is 11.1. The Labute approximate surface area is 120 Å². The monoisotopic (exact) mass is 266 g/mol. The van der Waals surface area contributed by atoms with Gasteiger partial charge in [-0.1, -0.05) is 36.9 Å². The van der Waals surface area contributed by atoms with Crippen molar-refractivity contribution in [3.05, 3.63) is 71.8 Å². The fourth-order valence-corrected chi connectivity index (χ4v) is 2.26. The van der Waals surface area contributed by atoms with Gasteiger partial charge in [0, 0.05) is 11.1 Å².